The molecular weight excluding hydrogens is 260 g/mol. The molecule has 0 spiro atoms. The van der Waals surface area contributed by atoms with Crippen LogP contribution in [0.1, 0.15) is 23.6 Å². The highest BCUT2D eigenvalue weighted by Crippen LogP contribution is 2.13. The Morgan fingerprint density at radius 1 is 1.37 bits per heavy atom. The van der Waals surface area contributed by atoms with Gasteiger partial charge in [-0.15, -0.1) is 11.3 Å². The van der Waals surface area contributed by atoms with Crippen molar-refractivity contribution in [3.63, 3.8) is 0 Å². The Hall–Kier alpha value is -2.19. The van der Waals surface area contributed by atoms with Crippen LogP contribution >= 0.6 is 11.3 Å². The summed E-state index contributed by atoms with van der Waals surface area (Å²) < 4.78 is 4.64. The minimum atomic E-state index is -0.980. The maximum absolute atomic E-state index is 10.5. The van der Waals surface area contributed by atoms with E-state index in [1.54, 1.807) is 6.92 Å². The summed E-state index contributed by atoms with van der Waals surface area (Å²) in [5.74, 6) is 15.9. The number of aliphatic hydroxyl groups is 1. The van der Waals surface area contributed by atoms with Crippen molar-refractivity contribution < 1.29 is 14.6 Å². The average Bonchev–Trinajstić information content (AvgIpc) is 2.82. The predicted molar refractivity (Wildman–Crippen MR) is 74.2 cm³/mol. The third kappa shape index (κ3) is 6.34. The van der Waals surface area contributed by atoms with Crippen LogP contribution in [-0.4, -0.2) is 23.8 Å². The molecule has 4 heteroatoms. The van der Waals surface area contributed by atoms with Crippen molar-refractivity contribution in [3.05, 3.63) is 21.9 Å². The number of ether oxygens (including phenoxy) is 1. The summed E-state index contributed by atoms with van der Waals surface area (Å²) in [7, 11) is 0. The molecule has 0 saturated heterocycles. The lowest BCUT2D eigenvalue weighted by Crippen LogP contribution is -2.14. The second-order valence-electron chi connectivity index (χ2n) is 3.38. The fourth-order valence-corrected chi connectivity index (χ4v) is 1.74. The molecule has 0 aliphatic rings. The minimum absolute atomic E-state index is 0.119. The van der Waals surface area contributed by atoms with Crippen LogP contribution in [0.15, 0.2) is 12.1 Å². The number of esters is 1. The number of hydrogen-bond acceptors (Lipinski definition) is 4. The fraction of sp³-hybridized carbons (Fsp3) is 0.267. The van der Waals surface area contributed by atoms with Crippen molar-refractivity contribution in [2.45, 2.75) is 20.0 Å². The number of carbonyl (C=O) groups is 1. The Balaban J connectivity index is 2.61. The number of hydrogen-bond donors (Lipinski definition) is 1. The highest BCUT2D eigenvalue weighted by atomic mass is 32.1. The van der Waals surface area contributed by atoms with Crippen molar-refractivity contribution in [1.82, 2.24) is 0 Å². The zero-order valence-corrected chi connectivity index (χ0v) is 11.4. The lowest BCUT2D eigenvalue weighted by molar-refractivity contribution is -0.142. The smallest absolute Gasteiger partial charge is 0.302 e. The van der Waals surface area contributed by atoms with Crippen molar-refractivity contribution in [2.24, 2.45) is 0 Å². The van der Waals surface area contributed by atoms with Crippen molar-refractivity contribution in [2.75, 3.05) is 6.61 Å². The van der Waals surface area contributed by atoms with Crippen LogP contribution in [0, 0.1) is 35.5 Å². The van der Waals surface area contributed by atoms with E-state index in [1.807, 2.05) is 12.1 Å². The molecule has 0 fully saturated rings. The van der Waals surface area contributed by atoms with Gasteiger partial charge in [-0.05, 0) is 36.8 Å². The van der Waals surface area contributed by atoms with Crippen LogP contribution in [-0.2, 0) is 9.53 Å². The molecule has 1 atom stereocenters. The third-order valence-electron chi connectivity index (χ3n) is 1.79. The zero-order valence-electron chi connectivity index (χ0n) is 10.6. The van der Waals surface area contributed by atoms with Gasteiger partial charge in [0.2, 0.25) is 0 Å². The van der Waals surface area contributed by atoms with E-state index in [4.69, 9.17) is 0 Å². The Morgan fingerprint density at radius 3 is 2.68 bits per heavy atom. The molecule has 0 aliphatic heterocycles. The summed E-state index contributed by atoms with van der Waals surface area (Å²) in [5, 5.41) is 9.45. The molecule has 1 aromatic heterocycles. The van der Waals surface area contributed by atoms with Crippen LogP contribution in [0.3, 0.4) is 0 Å². The molecule has 0 amide bonds. The van der Waals surface area contributed by atoms with Gasteiger partial charge in [0.15, 0.2) is 0 Å². The molecule has 3 nitrogen and oxygen atoms in total. The summed E-state index contributed by atoms with van der Waals surface area (Å²) in [4.78, 5) is 12.2. The maximum Gasteiger partial charge on any atom is 0.302 e. The second kappa shape index (κ2) is 8.01. The van der Waals surface area contributed by atoms with E-state index in [9.17, 15) is 9.90 Å². The molecule has 0 bridgehead atoms. The van der Waals surface area contributed by atoms with Gasteiger partial charge in [-0.3, -0.25) is 4.79 Å². The van der Waals surface area contributed by atoms with Gasteiger partial charge in [-0.2, -0.15) is 0 Å². The Morgan fingerprint density at radius 2 is 2.05 bits per heavy atom. The number of thiophene rings is 1. The molecule has 19 heavy (non-hydrogen) atoms. The quantitative estimate of drug-likeness (QED) is 0.654. The van der Waals surface area contributed by atoms with E-state index in [-0.39, 0.29) is 6.61 Å². The molecule has 1 heterocycles. The maximum atomic E-state index is 10.5. The van der Waals surface area contributed by atoms with Gasteiger partial charge >= 0.3 is 5.97 Å². The van der Waals surface area contributed by atoms with Gasteiger partial charge in [0.05, 0.1) is 9.75 Å². The first kappa shape index (κ1) is 14.9. The van der Waals surface area contributed by atoms with E-state index in [0.29, 0.717) is 0 Å². The van der Waals surface area contributed by atoms with Crippen LogP contribution in [0.4, 0.5) is 0 Å². The van der Waals surface area contributed by atoms with Crippen LogP contribution in [0.5, 0.6) is 0 Å². The van der Waals surface area contributed by atoms with Gasteiger partial charge in [-0.25, -0.2) is 0 Å². The second-order valence-corrected chi connectivity index (χ2v) is 4.46. The predicted octanol–water partition coefficient (Wildman–Crippen LogP) is 1.40. The standard InChI is InChI=1S/C15H12O3S/c1-3-4-5-6-14-9-10-15(19-14)8-7-13(17)11-18-12(2)16/h9-10,13,17H,11H2,1-2H3/t13-/m1/s1. The van der Waals surface area contributed by atoms with E-state index in [1.165, 1.54) is 18.3 Å². The summed E-state index contributed by atoms with van der Waals surface area (Å²) >= 11 is 1.42. The lowest BCUT2D eigenvalue weighted by atomic mass is 10.3. The van der Waals surface area contributed by atoms with E-state index in [2.05, 4.69) is 40.3 Å². The van der Waals surface area contributed by atoms with E-state index in [0.717, 1.165) is 9.75 Å². The van der Waals surface area contributed by atoms with Crippen molar-refractivity contribution in [3.8, 4) is 35.5 Å². The molecule has 0 radical (unpaired) electrons. The van der Waals surface area contributed by atoms with Gasteiger partial charge < -0.3 is 9.84 Å². The molecular formula is C15H12O3S. The molecule has 0 unspecified atom stereocenters. The first-order valence-corrected chi connectivity index (χ1v) is 6.29. The zero-order chi connectivity index (χ0) is 14.1. The molecule has 0 aromatic carbocycles. The van der Waals surface area contributed by atoms with E-state index >= 15 is 0 Å². The van der Waals surface area contributed by atoms with Crippen LogP contribution in [0.25, 0.3) is 0 Å². The largest absolute Gasteiger partial charge is 0.462 e. The SMILES string of the molecule is CC#CC#Cc1ccc(C#C[C@@H](O)COC(C)=O)s1. The Labute approximate surface area is 116 Å². The molecule has 0 saturated carbocycles. The molecule has 1 N–H and O–H groups in total. The Kier molecular flexibility index (Phi) is 6.27. The Bertz CT molecular complexity index is 623. The summed E-state index contributed by atoms with van der Waals surface area (Å²) in [5.41, 5.74) is 0. The third-order valence-corrected chi connectivity index (χ3v) is 2.70. The molecule has 0 aliphatic carbocycles. The first-order valence-electron chi connectivity index (χ1n) is 5.47. The number of carbonyl (C=O) groups excluding carboxylic acids is 1. The molecule has 1 aromatic rings. The monoisotopic (exact) mass is 272 g/mol. The minimum Gasteiger partial charge on any atom is -0.462 e. The highest BCUT2D eigenvalue weighted by Gasteiger charge is 2.01. The summed E-state index contributed by atoms with van der Waals surface area (Å²) in [6.45, 7) is 2.89. The van der Waals surface area contributed by atoms with Gasteiger partial charge in [-0.1, -0.05) is 17.8 Å². The fourth-order valence-electron chi connectivity index (χ4n) is 1.02. The number of rotatable bonds is 2. The van der Waals surface area contributed by atoms with Gasteiger partial charge in [0.25, 0.3) is 0 Å². The number of aliphatic hydroxyl groups excluding tert-OH is 1. The van der Waals surface area contributed by atoms with E-state index < -0.39 is 12.1 Å². The first-order chi connectivity index (χ1) is 9.11. The van der Waals surface area contributed by atoms with Crippen molar-refractivity contribution in [1.29, 1.82) is 0 Å². The highest BCUT2D eigenvalue weighted by molar-refractivity contribution is 7.13. The van der Waals surface area contributed by atoms with Crippen molar-refractivity contribution >= 4 is 17.3 Å². The van der Waals surface area contributed by atoms with Crippen LogP contribution < -0.4 is 0 Å². The molecule has 1 rings (SSSR count). The summed E-state index contributed by atoms with van der Waals surface area (Å²) in [6.07, 6.45) is -0.980. The molecule has 96 valence electrons. The normalized spacial score (nSPS) is 9.84. The average molecular weight is 272 g/mol. The van der Waals surface area contributed by atoms with Crippen LogP contribution in [0.2, 0.25) is 0 Å². The van der Waals surface area contributed by atoms with Gasteiger partial charge in [0.1, 0.15) is 12.7 Å². The lowest BCUT2D eigenvalue weighted by Gasteiger charge is -2.02. The summed E-state index contributed by atoms with van der Waals surface area (Å²) in [6, 6.07) is 3.66. The topological polar surface area (TPSA) is 46.5 Å². The van der Waals surface area contributed by atoms with Gasteiger partial charge in [0, 0.05) is 6.92 Å².